The maximum absolute atomic E-state index is 5.39. The van der Waals surface area contributed by atoms with E-state index >= 15 is 0 Å². The molecule has 0 bridgehead atoms. The van der Waals surface area contributed by atoms with Gasteiger partial charge in [-0.25, -0.2) is 19.9 Å². The number of methoxy groups -OCH3 is 1. The average Bonchev–Trinajstić information content (AvgIpc) is 3.62. The number of aromatic amines is 1. The van der Waals surface area contributed by atoms with Crippen LogP contribution in [0, 0.1) is 11.8 Å². The highest BCUT2D eigenvalue weighted by atomic mass is 16.5. The van der Waals surface area contributed by atoms with Gasteiger partial charge in [0.25, 0.3) is 0 Å². The third kappa shape index (κ3) is 4.46. The summed E-state index contributed by atoms with van der Waals surface area (Å²) >= 11 is 0. The number of nitrogens with zero attached hydrogens (tertiary/aromatic N) is 6. The normalized spacial score (nSPS) is 15.0. The predicted molar refractivity (Wildman–Crippen MR) is 138 cm³/mol. The Balaban J connectivity index is 1.21. The lowest BCUT2D eigenvalue weighted by molar-refractivity contribution is 0.414. The second-order valence-corrected chi connectivity index (χ2v) is 8.64. The van der Waals surface area contributed by atoms with Crippen LogP contribution < -0.4 is 9.64 Å². The van der Waals surface area contributed by atoms with Gasteiger partial charge in [-0.1, -0.05) is 18.1 Å². The van der Waals surface area contributed by atoms with Crippen LogP contribution in [-0.4, -0.2) is 50.3 Å². The van der Waals surface area contributed by atoms with Gasteiger partial charge in [-0.3, -0.25) is 5.10 Å². The van der Waals surface area contributed by atoms with Gasteiger partial charge in [-0.15, -0.1) is 0 Å². The van der Waals surface area contributed by atoms with Crippen molar-refractivity contribution in [3.8, 4) is 29.1 Å². The largest absolute Gasteiger partial charge is 0.497 e. The van der Waals surface area contributed by atoms with E-state index in [2.05, 4.69) is 54.0 Å². The lowest BCUT2D eigenvalue weighted by Gasteiger charge is -2.17. The highest BCUT2D eigenvalue weighted by molar-refractivity contribution is 5.79. The summed E-state index contributed by atoms with van der Waals surface area (Å²) in [6, 6.07) is 17.8. The van der Waals surface area contributed by atoms with Gasteiger partial charge in [0.15, 0.2) is 5.82 Å². The van der Waals surface area contributed by atoms with E-state index in [1.165, 1.54) is 5.56 Å². The van der Waals surface area contributed by atoms with Crippen molar-refractivity contribution in [3.63, 3.8) is 0 Å². The molecule has 0 amide bonds. The predicted octanol–water partition coefficient (Wildman–Crippen LogP) is 4.21. The fourth-order valence-electron chi connectivity index (χ4n) is 4.44. The van der Waals surface area contributed by atoms with E-state index in [4.69, 9.17) is 9.72 Å². The van der Waals surface area contributed by atoms with Crippen LogP contribution in [0.5, 0.6) is 5.75 Å². The topological polar surface area (TPSA) is 92.7 Å². The Bertz CT molecular complexity index is 1600. The molecule has 0 radical (unpaired) electrons. The van der Waals surface area contributed by atoms with Gasteiger partial charge in [0, 0.05) is 42.4 Å². The van der Waals surface area contributed by atoms with E-state index in [0.29, 0.717) is 29.1 Å². The molecule has 1 saturated heterocycles. The van der Waals surface area contributed by atoms with Gasteiger partial charge in [-0.05, 0) is 60.4 Å². The zero-order valence-corrected chi connectivity index (χ0v) is 19.7. The van der Waals surface area contributed by atoms with Crippen molar-refractivity contribution in [2.75, 3.05) is 25.1 Å². The lowest BCUT2D eigenvalue weighted by Crippen LogP contribution is -2.21. The summed E-state index contributed by atoms with van der Waals surface area (Å²) < 4.78 is 5.39. The summed E-state index contributed by atoms with van der Waals surface area (Å²) in [7, 11) is 1.70. The zero-order chi connectivity index (χ0) is 24.3. The van der Waals surface area contributed by atoms with Gasteiger partial charge < -0.3 is 9.64 Å². The Labute approximate surface area is 208 Å². The Morgan fingerprint density at radius 1 is 1.00 bits per heavy atom. The van der Waals surface area contributed by atoms with Crippen molar-refractivity contribution in [2.24, 2.45) is 0 Å². The van der Waals surface area contributed by atoms with Crippen LogP contribution in [0.1, 0.15) is 29.2 Å². The van der Waals surface area contributed by atoms with E-state index in [1.54, 1.807) is 31.8 Å². The molecule has 1 atom stereocenters. The summed E-state index contributed by atoms with van der Waals surface area (Å²) in [6.45, 7) is 1.74. The molecule has 8 heteroatoms. The number of H-pyrrole nitrogens is 1. The van der Waals surface area contributed by atoms with Gasteiger partial charge in [0.1, 0.15) is 17.1 Å². The quantitative estimate of drug-likeness (QED) is 0.391. The van der Waals surface area contributed by atoms with Crippen molar-refractivity contribution in [1.29, 1.82) is 0 Å². The smallest absolute Gasteiger partial charge is 0.225 e. The molecule has 3 aromatic heterocycles. The number of fused-ring (bicyclic) bond motifs is 1. The number of aromatic nitrogens is 6. The minimum atomic E-state index is 0.406. The maximum atomic E-state index is 5.39. The van der Waals surface area contributed by atoms with Crippen molar-refractivity contribution in [3.05, 3.63) is 90.0 Å². The van der Waals surface area contributed by atoms with Crippen LogP contribution in [0.15, 0.2) is 73.2 Å². The SMILES string of the molecule is COc1cccc(C2CCN(c3nccc(-c4nccc(C#Cc5ccc6[nH]ncc6c5)n4)n3)C2)c1. The minimum Gasteiger partial charge on any atom is -0.497 e. The summed E-state index contributed by atoms with van der Waals surface area (Å²) in [5.41, 5.74) is 4.46. The first-order valence-corrected chi connectivity index (χ1v) is 11.8. The maximum Gasteiger partial charge on any atom is 0.225 e. The fraction of sp³-hybridized carbons (Fsp3) is 0.179. The molecule has 1 aliphatic rings. The molecule has 1 N–H and O–H groups in total. The molecule has 1 fully saturated rings. The highest BCUT2D eigenvalue weighted by Gasteiger charge is 2.26. The van der Waals surface area contributed by atoms with Crippen molar-refractivity contribution in [2.45, 2.75) is 12.3 Å². The Morgan fingerprint density at radius 3 is 2.89 bits per heavy atom. The van der Waals surface area contributed by atoms with E-state index in [0.717, 1.165) is 41.7 Å². The van der Waals surface area contributed by atoms with E-state index in [1.807, 2.05) is 36.4 Å². The molecule has 36 heavy (non-hydrogen) atoms. The lowest BCUT2D eigenvalue weighted by atomic mass is 9.98. The standard InChI is InChI=1S/C28H23N7O/c1-36-24-4-2-3-20(16-24)21-11-14-35(18-21)28-30-13-10-26(33-28)27-29-12-9-23(32-27)7-5-19-6-8-25-22(15-19)17-31-34-25/h2-4,6,8-10,12-13,15-17,21H,11,14,18H2,1H3,(H,31,34). The van der Waals surface area contributed by atoms with Gasteiger partial charge in [-0.2, -0.15) is 5.10 Å². The molecule has 1 unspecified atom stereocenters. The number of benzene rings is 2. The Hall–Kier alpha value is -4.77. The van der Waals surface area contributed by atoms with Crippen LogP contribution in [0.2, 0.25) is 0 Å². The molecule has 0 aliphatic carbocycles. The minimum absolute atomic E-state index is 0.406. The second kappa shape index (κ2) is 9.47. The Morgan fingerprint density at radius 2 is 1.94 bits per heavy atom. The van der Waals surface area contributed by atoms with Crippen molar-refractivity contribution < 1.29 is 4.74 Å². The van der Waals surface area contributed by atoms with Crippen LogP contribution >= 0.6 is 0 Å². The fourth-order valence-corrected chi connectivity index (χ4v) is 4.44. The molecule has 6 rings (SSSR count). The number of rotatable bonds is 4. The van der Waals surface area contributed by atoms with Crippen LogP contribution in [0.25, 0.3) is 22.4 Å². The molecule has 0 spiro atoms. The number of ether oxygens (including phenoxy) is 1. The van der Waals surface area contributed by atoms with Crippen molar-refractivity contribution >= 4 is 16.9 Å². The third-order valence-electron chi connectivity index (χ3n) is 6.34. The van der Waals surface area contributed by atoms with Gasteiger partial charge in [0.05, 0.1) is 18.8 Å². The first-order valence-electron chi connectivity index (χ1n) is 11.8. The second-order valence-electron chi connectivity index (χ2n) is 8.64. The average molecular weight is 474 g/mol. The first-order chi connectivity index (χ1) is 17.7. The number of hydrogen-bond acceptors (Lipinski definition) is 7. The summed E-state index contributed by atoms with van der Waals surface area (Å²) in [4.78, 5) is 20.6. The highest BCUT2D eigenvalue weighted by Crippen LogP contribution is 2.31. The molecule has 8 nitrogen and oxygen atoms in total. The van der Waals surface area contributed by atoms with Gasteiger partial charge in [0.2, 0.25) is 5.95 Å². The zero-order valence-electron chi connectivity index (χ0n) is 19.7. The molecular weight excluding hydrogens is 450 g/mol. The van der Waals surface area contributed by atoms with Crippen LogP contribution in [0.4, 0.5) is 5.95 Å². The van der Waals surface area contributed by atoms with Gasteiger partial charge >= 0.3 is 0 Å². The van der Waals surface area contributed by atoms with Crippen molar-refractivity contribution in [1.82, 2.24) is 30.1 Å². The van der Waals surface area contributed by atoms with E-state index in [-0.39, 0.29) is 0 Å². The third-order valence-corrected chi connectivity index (χ3v) is 6.34. The summed E-state index contributed by atoms with van der Waals surface area (Å²) in [5.74, 6) is 8.81. The molecule has 0 saturated carbocycles. The van der Waals surface area contributed by atoms with Crippen LogP contribution in [-0.2, 0) is 0 Å². The van der Waals surface area contributed by atoms with E-state index < -0.39 is 0 Å². The van der Waals surface area contributed by atoms with Crippen LogP contribution in [0.3, 0.4) is 0 Å². The summed E-state index contributed by atoms with van der Waals surface area (Å²) in [6.07, 6.45) is 6.29. The summed E-state index contributed by atoms with van der Waals surface area (Å²) in [5, 5.41) is 8.02. The molecule has 5 aromatic rings. The number of nitrogens with one attached hydrogen (secondary N) is 1. The first kappa shape index (κ1) is 21.7. The molecular formula is C28H23N7O. The Kier molecular flexibility index (Phi) is 5.72. The molecule has 1 aliphatic heterocycles. The molecule has 176 valence electrons. The van der Waals surface area contributed by atoms with E-state index in [9.17, 15) is 0 Å². The number of anilines is 1. The molecule has 4 heterocycles. The monoisotopic (exact) mass is 473 g/mol. The number of hydrogen-bond donors (Lipinski definition) is 1. The molecule has 2 aromatic carbocycles.